The number of alkyl carbamates (subject to hydrolysis) is 1. The van der Waals surface area contributed by atoms with Gasteiger partial charge in [0.05, 0.1) is 37.3 Å². The Bertz CT molecular complexity index is 3710. The molecular weight excluding hydrogens is 1120 g/mol. The lowest BCUT2D eigenvalue weighted by atomic mass is 9.81. The van der Waals surface area contributed by atoms with Crippen LogP contribution in [0.25, 0.3) is 32.7 Å². The van der Waals surface area contributed by atoms with Gasteiger partial charge in [0.1, 0.15) is 6.61 Å². The number of methoxy groups -OCH3 is 1. The lowest BCUT2D eigenvalue weighted by molar-refractivity contribution is -0.150. The molecule has 4 aromatic carbocycles. The van der Waals surface area contributed by atoms with Crippen LogP contribution >= 0.6 is 0 Å². The van der Waals surface area contributed by atoms with E-state index in [9.17, 15) is 52.7 Å². The molecule has 8 rings (SSSR count). The van der Waals surface area contributed by atoms with E-state index < -0.39 is 131 Å². The molecule has 3 aromatic heterocycles. The molecule has 87 heavy (non-hydrogen) atoms. The van der Waals surface area contributed by atoms with E-state index in [1.54, 1.807) is 91.4 Å². The number of aromatic amines is 3. The molecule has 25 heteroatoms. The lowest BCUT2D eigenvalue weighted by Crippen LogP contribution is -2.63. The van der Waals surface area contributed by atoms with Crippen LogP contribution in [-0.4, -0.2) is 141 Å². The number of esters is 1. The van der Waals surface area contributed by atoms with Gasteiger partial charge in [0.25, 0.3) is 17.7 Å². The standard InChI is InChI=1S/C62H70N12O13/c1-32(63)53(76)52(61(84)86-2)73-59(82)49(55(78)41(64)25-35-28-67-44-19-9-6-16-38(35)44)71-48(75)24-23-34-15-12-22-47(54(34)77)70-58(81)50(56(79)42(65)26-36-29-68-45-20-10-7-17-39(36)45)72-60(83)51(74-62(85)87-31-33-13-4-3-5-14-33)57(80)43(66)27-37-30-69-46-21-11-8-18-40(37)46/h3-11,13-14,16-21,28-30,32,34,41-43,47,49-52,67-69H,12,15,22-27,31,63-66H2,1-2H3,(H,70,81)(H,71,75)(H,72,83)(H,73,82)(H,74,85)/t32-,34+,41-,42-,43-,47+,49-,50-,51-,52-/m0/s1. The predicted octanol–water partition coefficient (Wildman–Crippen LogP) is 1.32. The maximum absolute atomic E-state index is 14.7. The highest BCUT2D eigenvalue weighted by atomic mass is 16.5. The number of ketones is 5. The van der Waals surface area contributed by atoms with E-state index in [2.05, 4.69) is 41.5 Å². The Hall–Kier alpha value is -9.69. The van der Waals surface area contributed by atoms with Crippen LogP contribution in [-0.2, 0) is 83.3 Å². The number of rotatable bonds is 28. The van der Waals surface area contributed by atoms with Crippen molar-refractivity contribution in [1.29, 1.82) is 0 Å². The summed E-state index contributed by atoms with van der Waals surface area (Å²) < 4.78 is 10.1. The normalized spacial score (nSPS) is 16.9. The fourth-order valence-corrected chi connectivity index (χ4v) is 10.7. The number of hydrogen-bond acceptors (Lipinski definition) is 17. The smallest absolute Gasteiger partial charge is 0.408 e. The first-order valence-electron chi connectivity index (χ1n) is 28.3. The number of ether oxygens (including phenoxy) is 2. The van der Waals surface area contributed by atoms with Gasteiger partial charge in [-0.3, -0.25) is 43.2 Å². The summed E-state index contributed by atoms with van der Waals surface area (Å²) in [5.74, 6) is -11.4. The van der Waals surface area contributed by atoms with Gasteiger partial charge in [0.2, 0.25) is 5.91 Å². The molecule has 0 aliphatic heterocycles. The average Bonchev–Trinajstić information content (AvgIpc) is 4.14. The number of nitrogens with two attached hydrogens (primary N) is 4. The van der Waals surface area contributed by atoms with Crippen molar-refractivity contribution < 1.29 is 62.2 Å². The minimum atomic E-state index is -2.18. The van der Waals surface area contributed by atoms with Crippen molar-refractivity contribution in [3.63, 3.8) is 0 Å². The fraction of sp³-hybridized carbons (Fsp3) is 0.339. The van der Waals surface area contributed by atoms with Gasteiger partial charge in [-0.2, -0.15) is 0 Å². The van der Waals surface area contributed by atoms with Gasteiger partial charge in [0, 0.05) is 63.6 Å². The Morgan fingerprint density at radius 3 is 1.45 bits per heavy atom. The van der Waals surface area contributed by atoms with Gasteiger partial charge in [-0.05, 0) is 85.9 Å². The van der Waals surface area contributed by atoms with Crippen LogP contribution in [0.5, 0.6) is 0 Å². The van der Waals surface area contributed by atoms with Crippen molar-refractivity contribution in [2.45, 2.75) is 119 Å². The topological polar surface area (TPSA) is 418 Å². The summed E-state index contributed by atoms with van der Waals surface area (Å²) in [6.07, 6.45) is 3.30. The maximum Gasteiger partial charge on any atom is 0.408 e. The van der Waals surface area contributed by atoms with E-state index in [1.807, 2.05) is 30.3 Å². The highest BCUT2D eigenvalue weighted by Crippen LogP contribution is 2.27. The first-order chi connectivity index (χ1) is 41.7. The summed E-state index contributed by atoms with van der Waals surface area (Å²) in [5, 5.41) is 14.0. The van der Waals surface area contributed by atoms with Crippen molar-refractivity contribution >= 4 is 97.3 Å². The molecule has 0 unspecified atom stereocenters. The van der Waals surface area contributed by atoms with Gasteiger partial charge in [-0.1, -0.05) is 91.3 Å². The Labute approximate surface area is 498 Å². The average molecular weight is 1190 g/mol. The molecule has 16 N–H and O–H groups in total. The van der Waals surface area contributed by atoms with Crippen LogP contribution in [0, 0.1) is 5.92 Å². The number of aromatic nitrogens is 3. The number of H-pyrrole nitrogens is 3. The fourth-order valence-electron chi connectivity index (χ4n) is 10.7. The number of amides is 5. The van der Waals surface area contributed by atoms with Crippen molar-refractivity contribution in [2.24, 2.45) is 28.9 Å². The molecule has 456 valence electrons. The number of Topliss-reactive ketones (excluding diaryl/α,β-unsaturated/α-hetero) is 5. The molecule has 3 heterocycles. The van der Waals surface area contributed by atoms with Crippen LogP contribution in [0.1, 0.15) is 61.3 Å². The zero-order chi connectivity index (χ0) is 62.5. The van der Waals surface area contributed by atoms with Crippen LogP contribution in [0.15, 0.2) is 122 Å². The summed E-state index contributed by atoms with van der Waals surface area (Å²) in [5.41, 5.74) is 29.9. The molecular formula is C62H70N12O13. The van der Waals surface area contributed by atoms with E-state index >= 15 is 0 Å². The Morgan fingerprint density at radius 1 is 0.540 bits per heavy atom. The molecule has 10 atom stereocenters. The molecule has 5 amide bonds. The van der Waals surface area contributed by atoms with Crippen molar-refractivity contribution in [3.05, 3.63) is 144 Å². The van der Waals surface area contributed by atoms with Crippen molar-refractivity contribution in [2.75, 3.05) is 7.11 Å². The van der Waals surface area contributed by atoms with Gasteiger partial charge in [-0.25, -0.2) is 9.59 Å². The minimum Gasteiger partial charge on any atom is -0.467 e. The second-order valence-electron chi connectivity index (χ2n) is 21.6. The Kier molecular flexibility index (Phi) is 21.1. The number of nitrogens with one attached hydrogen (secondary N) is 8. The van der Waals surface area contributed by atoms with E-state index in [0.717, 1.165) is 39.8 Å². The summed E-state index contributed by atoms with van der Waals surface area (Å²) in [6, 6.07) is 14.9. The van der Waals surface area contributed by atoms with Crippen LogP contribution in [0.4, 0.5) is 4.79 Å². The third-order valence-electron chi connectivity index (χ3n) is 15.4. The SMILES string of the molecule is COC(=O)[C@@H](NC(=O)[C@@H](NC(=O)CC[C@H]1CCC[C@@H](NC(=O)[C@@H](NC(=O)[C@@H](NC(=O)OCc2ccccc2)C(=O)[C@@H](N)Cc2c[nH]c3ccccc23)C(=O)[C@@H](N)Cc2c[nH]c3ccccc23)C1=O)C(=O)[C@@H](N)Cc1c[nH]c2ccccc12)C(=O)[C@H](C)N. The second kappa shape index (κ2) is 28.9. The van der Waals surface area contributed by atoms with Gasteiger partial charge < -0.3 is 73.9 Å². The van der Waals surface area contributed by atoms with Gasteiger partial charge in [-0.15, -0.1) is 0 Å². The molecule has 25 nitrogen and oxygen atoms in total. The Balaban J connectivity index is 0.996. The molecule has 0 spiro atoms. The predicted molar refractivity (Wildman–Crippen MR) is 318 cm³/mol. The molecule has 1 fully saturated rings. The van der Waals surface area contributed by atoms with E-state index in [4.69, 9.17) is 32.4 Å². The number of carbonyl (C=O) groups is 11. The zero-order valence-electron chi connectivity index (χ0n) is 47.8. The third kappa shape index (κ3) is 15.6. The molecule has 0 radical (unpaired) electrons. The van der Waals surface area contributed by atoms with Crippen molar-refractivity contribution in [1.82, 2.24) is 41.5 Å². The molecule has 0 saturated heterocycles. The third-order valence-corrected chi connectivity index (χ3v) is 15.4. The molecule has 7 aromatic rings. The van der Waals surface area contributed by atoms with Gasteiger partial charge in [0.15, 0.2) is 53.1 Å². The highest BCUT2D eigenvalue weighted by Gasteiger charge is 2.42. The number of carbonyl (C=O) groups excluding carboxylic acids is 11. The minimum absolute atomic E-state index is 0.0503. The molecule has 1 aliphatic rings. The lowest BCUT2D eigenvalue weighted by Gasteiger charge is -2.30. The van der Waals surface area contributed by atoms with Gasteiger partial charge >= 0.3 is 12.1 Å². The quantitative estimate of drug-likeness (QED) is 0.0243. The number of hydrogen-bond donors (Lipinski definition) is 12. The first-order valence-corrected chi connectivity index (χ1v) is 28.3. The van der Waals surface area contributed by atoms with E-state index in [-0.39, 0.29) is 45.1 Å². The van der Waals surface area contributed by atoms with Crippen LogP contribution in [0.3, 0.4) is 0 Å². The van der Waals surface area contributed by atoms with E-state index in [1.165, 1.54) is 6.92 Å². The zero-order valence-corrected chi connectivity index (χ0v) is 47.8. The van der Waals surface area contributed by atoms with Crippen LogP contribution in [0.2, 0.25) is 0 Å². The van der Waals surface area contributed by atoms with E-state index in [0.29, 0.717) is 28.7 Å². The summed E-state index contributed by atoms with van der Waals surface area (Å²) in [6.45, 7) is 1.01. The summed E-state index contributed by atoms with van der Waals surface area (Å²) >= 11 is 0. The summed E-state index contributed by atoms with van der Waals surface area (Å²) in [4.78, 5) is 163. The molecule has 0 bridgehead atoms. The van der Waals surface area contributed by atoms with Crippen molar-refractivity contribution in [3.8, 4) is 0 Å². The molecule has 1 aliphatic carbocycles. The van der Waals surface area contributed by atoms with Crippen LogP contribution < -0.4 is 49.5 Å². The first kappa shape index (κ1) is 63.3. The largest absolute Gasteiger partial charge is 0.467 e. The summed E-state index contributed by atoms with van der Waals surface area (Å²) in [7, 11) is 0.970. The molecule has 1 saturated carbocycles. The number of benzene rings is 4. The maximum atomic E-state index is 14.7. The highest BCUT2D eigenvalue weighted by molar-refractivity contribution is 6.16. The number of fused-ring (bicyclic) bond motifs is 3. The Morgan fingerprint density at radius 2 is 0.977 bits per heavy atom. The monoisotopic (exact) mass is 1190 g/mol. The second-order valence-corrected chi connectivity index (χ2v) is 21.6. The number of para-hydroxylation sites is 3.